The number of nitrogens with one attached hydrogen (secondary N) is 1. The fourth-order valence-electron chi connectivity index (χ4n) is 4.19. The van der Waals surface area contributed by atoms with Gasteiger partial charge in [-0.25, -0.2) is 0 Å². The van der Waals surface area contributed by atoms with E-state index >= 15 is 0 Å². The quantitative estimate of drug-likeness (QED) is 0.796. The zero-order chi connectivity index (χ0) is 21.1. The van der Waals surface area contributed by atoms with E-state index in [1.54, 1.807) is 17.9 Å². The number of benzene rings is 2. The van der Waals surface area contributed by atoms with Crippen LogP contribution in [0.2, 0.25) is 5.02 Å². The Bertz CT molecular complexity index is 926. The van der Waals surface area contributed by atoms with Gasteiger partial charge in [0.2, 0.25) is 5.91 Å². The van der Waals surface area contributed by atoms with E-state index in [2.05, 4.69) is 10.2 Å². The smallest absolute Gasteiger partial charge is 0.251 e. The molecule has 1 N–H and O–H groups in total. The predicted molar refractivity (Wildman–Crippen MR) is 117 cm³/mol. The first-order valence-electron chi connectivity index (χ1n) is 10.3. The molecular weight excluding hydrogens is 402 g/mol. The summed E-state index contributed by atoms with van der Waals surface area (Å²) in [7, 11) is 0. The van der Waals surface area contributed by atoms with Crippen LogP contribution in [0.15, 0.2) is 42.5 Å². The number of amides is 2. The molecule has 1 saturated heterocycles. The number of halogens is 1. The maximum atomic E-state index is 12.9. The Morgan fingerprint density at radius 2 is 1.83 bits per heavy atom. The van der Waals surface area contributed by atoms with Crippen molar-refractivity contribution in [2.75, 3.05) is 44.3 Å². The highest BCUT2D eigenvalue weighted by Gasteiger charge is 2.25. The Kier molecular flexibility index (Phi) is 6.37. The fraction of sp³-hybridized carbons (Fsp3) is 0.391. The van der Waals surface area contributed by atoms with Crippen molar-refractivity contribution in [3.63, 3.8) is 0 Å². The average Bonchev–Trinajstić information content (AvgIpc) is 3.19. The van der Waals surface area contributed by atoms with Crippen molar-refractivity contribution in [2.24, 2.45) is 0 Å². The summed E-state index contributed by atoms with van der Waals surface area (Å²) < 4.78 is 5.49. The number of hydrogen-bond donors (Lipinski definition) is 1. The van der Waals surface area contributed by atoms with Gasteiger partial charge in [0.1, 0.15) is 0 Å². The normalized spacial score (nSPS) is 17.5. The second kappa shape index (κ2) is 9.16. The van der Waals surface area contributed by atoms with Crippen LogP contribution < -0.4 is 10.2 Å². The van der Waals surface area contributed by atoms with Gasteiger partial charge in [-0.2, -0.15) is 0 Å². The number of carbonyl (C=O) groups excluding carboxylic acids is 2. The molecule has 1 unspecified atom stereocenters. The zero-order valence-electron chi connectivity index (χ0n) is 17.1. The molecule has 0 saturated carbocycles. The predicted octanol–water partition coefficient (Wildman–Crippen LogP) is 3.05. The molecule has 2 heterocycles. The molecule has 30 heavy (non-hydrogen) atoms. The lowest BCUT2D eigenvalue weighted by atomic mass is 10.0. The Morgan fingerprint density at radius 1 is 1.10 bits per heavy atom. The van der Waals surface area contributed by atoms with Crippen molar-refractivity contribution in [3.05, 3.63) is 64.2 Å². The number of nitrogens with zero attached hydrogens (tertiary/aromatic N) is 2. The third kappa shape index (κ3) is 4.51. The monoisotopic (exact) mass is 427 g/mol. The molecule has 2 aliphatic heterocycles. The van der Waals surface area contributed by atoms with Crippen LogP contribution in [-0.2, 0) is 16.0 Å². The van der Waals surface area contributed by atoms with Gasteiger partial charge >= 0.3 is 0 Å². The number of morpholine rings is 1. The summed E-state index contributed by atoms with van der Waals surface area (Å²) in [5.74, 6) is -0.0754. The van der Waals surface area contributed by atoms with Crippen LogP contribution in [0.4, 0.5) is 5.69 Å². The van der Waals surface area contributed by atoms with Crippen LogP contribution in [0.25, 0.3) is 0 Å². The third-order valence-corrected chi connectivity index (χ3v) is 6.07. The molecule has 2 amide bonds. The number of ether oxygens (including phenoxy) is 1. The van der Waals surface area contributed by atoms with Crippen LogP contribution in [0, 0.1) is 0 Å². The molecule has 6 nitrogen and oxygen atoms in total. The first-order valence-corrected chi connectivity index (χ1v) is 10.7. The zero-order valence-corrected chi connectivity index (χ0v) is 17.8. The highest BCUT2D eigenvalue weighted by molar-refractivity contribution is 6.30. The van der Waals surface area contributed by atoms with Gasteiger partial charge in [0.25, 0.3) is 5.91 Å². The molecule has 4 rings (SSSR count). The molecule has 0 aromatic heterocycles. The second-order valence-corrected chi connectivity index (χ2v) is 8.13. The molecule has 0 bridgehead atoms. The maximum Gasteiger partial charge on any atom is 0.251 e. The van der Waals surface area contributed by atoms with Gasteiger partial charge in [-0.3, -0.25) is 14.5 Å². The lowest BCUT2D eigenvalue weighted by Crippen LogP contribution is -2.43. The first kappa shape index (κ1) is 20.8. The van der Waals surface area contributed by atoms with E-state index in [1.807, 2.05) is 36.4 Å². The minimum Gasteiger partial charge on any atom is -0.379 e. The topological polar surface area (TPSA) is 61.9 Å². The van der Waals surface area contributed by atoms with Gasteiger partial charge in [-0.05, 0) is 47.9 Å². The second-order valence-electron chi connectivity index (χ2n) is 7.69. The van der Waals surface area contributed by atoms with E-state index in [9.17, 15) is 9.59 Å². The molecule has 0 radical (unpaired) electrons. The number of anilines is 1. The van der Waals surface area contributed by atoms with Gasteiger partial charge in [0, 0.05) is 49.4 Å². The number of rotatable bonds is 5. The van der Waals surface area contributed by atoms with Crippen molar-refractivity contribution < 1.29 is 14.3 Å². The summed E-state index contributed by atoms with van der Waals surface area (Å²) in [4.78, 5) is 28.7. The van der Waals surface area contributed by atoms with E-state index in [1.165, 1.54) is 0 Å². The van der Waals surface area contributed by atoms with Gasteiger partial charge in [0.05, 0.1) is 19.3 Å². The average molecular weight is 428 g/mol. The number of carbonyl (C=O) groups is 2. The molecular formula is C23H26ClN3O3. The van der Waals surface area contributed by atoms with E-state index in [-0.39, 0.29) is 17.9 Å². The number of hydrogen-bond acceptors (Lipinski definition) is 4. The third-order valence-electron chi connectivity index (χ3n) is 5.81. The van der Waals surface area contributed by atoms with Crippen molar-refractivity contribution >= 4 is 29.1 Å². The van der Waals surface area contributed by atoms with Gasteiger partial charge in [-0.15, -0.1) is 0 Å². The highest BCUT2D eigenvalue weighted by Crippen LogP contribution is 2.29. The maximum absolute atomic E-state index is 12.9. The Balaban J connectivity index is 1.47. The molecule has 2 aliphatic rings. The number of fused-ring (bicyclic) bond motifs is 1. The van der Waals surface area contributed by atoms with Crippen LogP contribution in [-0.4, -0.2) is 56.1 Å². The molecule has 2 aromatic rings. The summed E-state index contributed by atoms with van der Waals surface area (Å²) >= 11 is 6.06. The molecule has 1 fully saturated rings. The Hall–Kier alpha value is -2.41. The van der Waals surface area contributed by atoms with E-state index in [0.717, 1.165) is 36.3 Å². The van der Waals surface area contributed by atoms with Crippen molar-refractivity contribution in [1.82, 2.24) is 10.2 Å². The van der Waals surface area contributed by atoms with Crippen LogP contribution in [0.3, 0.4) is 0 Å². The molecule has 7 heteroatoms. The van der Waals surface area contributed by atoms with Crippen LogP contribution >= 0.6 is 11.6 Å². The summed E-state index contributed by atoms with van der Waals surface area (Å²) in [6, 6.07) is 13.4. The summed E-state index contributed by atoms with van der Waals surface area (Å²) in [6.07, 6.45) is 0.775. The lowest BCUT2D eigenvalue weighted by Gasteiger charge is -2.35. The summed E-state index contributed by atoms with van der Waals surface area (Å²) in [6.45, 7) is 5.76. The van der Waals surface area contributed by atoms with E-state index in [0.29, 0.717) is 36.9 Å². The van der Waals surface area contributed by atoms with Gasteiger partial charge in [-0.1, -0.05) is 23.7 Å². The summed E-state index contributed by atoms with van der Waals surface area (Å²) in [5, 5.41) is 3.80. The summed E-state index contributed by atoms with van der Waals surface area (Å²) in [5.41, 5.74) is 3.69. The van der Waals surface area contributed by atoms with Crippen molar-refractivity contribution in [3.8, 4) is 0 Å². The highest BCUT2D eigenvalue weighted by atomic mass is 35.5. The molecule has 1 atom stereocenters. The lowest BCUT2D eigenvalue weighted by molar-refractivity contribution is -0.116. The minimum absolute atomic E-state index is 0.0299. The molecule has 2 aromatic carbocycles. The van der Waals surface area contributed by atoms with Crippen molar-refractivity contribution in [2.45, 2.75) is 19.4 Å². The SMILES string of the molecule is CC(=O)N1CCc2cc(C(=O)NCC(c3ccc(Cl)cc3)N3CCOCC3)ccc21. The molecule has 0 aliphatic carbocycles. The fourth-order valence-corrected chi connectivity index (χ4v) is 4.32. The largest absolute Gasteiger partial charge is 0.379 e. The Labute approximate surface area is 181 Å². The van der Waals surface area contributed by atoms with Crippen LogP contribution in [0.5, 0.6) is 0 Å². The molecule has 0 spiro atoms. The minimum atomic E-state index is -0.105. The first-order chi connectivity index (χ1) is 14.5. The van der Waals surface area contributed by atoms with Crippen LogP contribution in [0.1, 0.15) is 34.5 Å². The van der Waals surface area contributed by atoms with Gasteiger partial charge in [0.15, 0.2) is 0 Å². The molecule has 158 valence electrons. The van der Waals surface area contributed by atoms with E-state index < -0.39 is 0 Å². The van der Waals surface area contributed by atoms with E-state index in [4.69, 9.17) is 16.3 Å². The van der Waals surface area contributed by atoms with Crippen molar-refractivity contribution in [1.29, 1.82) is 0 Å². The standard InChI is InChI=1S/C23H26ClN3O3/c1-16(28)27-9-8-18-14-19(4-7-21(18)27)23(29)25-15-22(26-10-12-30-13-11-26)17-2-5-20(24)6-3-17/h2-7,14,22H,8-13,15H2,1H3,(H,25,29). The Morgan fingerprint density at radius 3 is 2.53 bits per heavy atom. The van der Waals surface area contributed by atoms with Gasteiger partial charge < -0.3 is 15.0 Å².